The zero-order chi connectivity index (χ0) is 12.1. The van der Waals surface area contributed by atoms with Crippen LogP contribution in [0.25, 0.3) is 0 Å². The van der Waals surface area contributed by atoms with Crippen LogP contribution in [-0.4, -0.2) is 23.3 Å². The van der Waals surface area contributed by atoms with Gasteiger partial charge in [0.15, 0.2) is 0 Å². The molecular weight excluding hydrogens is 220 g/mol. The van der Waals surface area contributed by atoms with Crippen molar-refractivity contribution < 1.29 is 4.42 Å². The summed E-state index contributed by atoms with van der Waals surface area (Å²) in [5, 5.41) is 4.70. The molecule has 1 unspecified atom stereocenters. The van der Waals surface area contributed by atoms with Gasteiger partial charge in [-0.25, -0.2) is 4.98 Å². The van der Waals surface area contributed by atoms with Crippen molar-refractivity contribution in [2.75, 3.05) is 13.1 Å². The Morgan fingerprint density at radius 2 is 1.94 bits per heavy atom. The highest BCUT2D eigenvalue weighted by atomic mass is 32.2. The Morgan fingerprint density at radius 1 is 1.25 bits per heavy atom. The Kier molecular flexibility index (Phi) is 5.35. The molecule has 4 heteroatoms. The van der Waals surface area contributed by atoms with Crippen LogP contribution in [0, 0.1) is 19.8 Å². The highest BCUT2D eigenvalue weighted by molar-refractivity contribution is 7.99. The molecule has 1 aromatic heterocycles. The molecule has 1 rings (SSSR count). The van der Waals surface area contributed by atoms with Crippen LogP contribution in [0.1, 0.15) is 32.2 Å². The summed E-state index contributed by atoms with van der Waals surface area (Å²) < 4.78 is 5.54. The zero-order valence-corrected chi connectivity index (χ0v) is 11.6. The lowest BCUT2D eigenvalue weighted by Crippen LogP contribution is -2.26. The number of nitrogens with one attached hydrogen (secondary N) is 1. The van der Waals surface area contributed by atoms with E-state index in [2.05, 4.69) is 31.1 Å². The summed E-state index contributed by atoms with van der Waals surface area (Å²) in [6, 6.07) is 0. The molecule has 92 valence electrons. The van der Waals surface area contributed by atoms with Crippen LogP contribution in [0.3, 0.4) is 0 Å². The van der Waals surface area contributed by atoms with Gasteiger partial charge in [0.25, 0.3) is 5.22 Å². The Labute approximate surface area is 102 Å². The molecule has 0 aliphatic rings. The average molecular weight is 242 g/mol. The van der Waals surface area contributed by atoms with Gasteiger partial charge < -0.3 is 9.73 Å². The second-order valence-corrected chi connectivity index (χ2v) is 5.99. The quantitative estimate of drug-likeness (QED) is 0.778. The van der Waals surface area contributed by atoms with Gasteiger partial charge in [-0.15, -0.1) is 0 Å². The number of hydrogen-bond acceptors (Lipinski definition) is 4. The molecule has 1 heterocycles. The van der Waals surface area contributed by atoms with Gasteiger partial charge in [-0.05, 0) is 26.3 Å². The maximum absolute atomic E-state index is 5.54. The van der Waals surface area contributed by atoms with Gasteiger partial charge >= 0.3 is 0 Å². The monoisotopic (exact) mass is 242 g/mol. The fraction of sp³-hybridized carbons (Fsp3) is 0.750. The predicted molar refractivity (Wildman–Crippen MR) is 69.0 cm³/mol. The van der Waals surface area contributed by atoms with Gasteiger partial charge in [0.1, 0.15) is 5.76 Å². The molecule has 1 aromatic rings. The Bertz CT molecular complexity index is 303. The fourth-order valence-corrected chi connectivity index (χ4v) is 2.19. The lowest BCUT2D eigenvalue weighted by molar-refractivity contribution is 0.430. The molecule has 1 N–H and O–H groups in total. The normalized spacial score (nSPS) is 13.4. The fourth-order valence-electron chi connectivity index (χ4n) is 1.28. The maximum Gasteiger partial charge on any atom is 0.256 e. The van der Waals surface area contributed by atoms with E-state index in [0.29, 0.717) is 11.2 Å². The van der Waals surface area contributed by atoms with Crippen LogP contribution in [-0.2, 0) is 0 Å². The van der Waals surface area contributed by atoms with Crippen LogP contribution in [0.5, 0.6) is 0 Å². The average Bonchev–Trinajstić information content (AvgIpc) is 2.44. The molecule has 0 amide bonds. The summed E-state index contributed by atoms with van der Waals surface area (Å²) in [6.45, 7) is 12.6. The van der Waals surface area contributed by atoms with Gasteiger partial charge in [-0.2, -0.15) is 0 Å². The minimum Gasteiger partial charge on any atom is -0.437 e. The van der Waals surface area contributed by atoms with Crippen molar-refractivity contribution in [2.45, 2.75) is 45.1 Å². The van der Waals surface area contributed by atoms with Crippen molar-refractivity contribution in [1.82, 2.24) is 10.3 Å². The summed E-state index contributed by atoms with van der Waals surface area (Å²) in [5.74, 6) is 1.62. The number of oxazole rings is 1. The largest absolute Gasteiger partial charge is 0.437 e. The lowest BCUT2D eigenvalue weighted by atomic mass is 10.2. The van der Waals surface area contributed by atoms with Crippen LogP contribution >= 0.6 is 11.8 Å². The molecule has 0 aliphatic heterocycles. The number of nitrogens with zero attached hydrogens (tertiary/aromatic N) is 1. The SMILES string of the molecule is Cc1nc(SC(C)CNCC(C)C)oc1C. The topological polar surface area (TPSA) is 38.1 Å². The van der Waals surface area contributed by atoms with Gasteiger partial charge in [0.05, 0.1) is 5.69 Å². The first kappa shape index (κ1) is 13.6. The molecule has 0 saturated carbocycles. The maximum atomic E-state index is 5.54. The third kappa shape index (κ3) is 4.58. The van der Waals surface area contributed by atoms with Crippen molar-refractivity contribution in [3.05, 3.63) is 11.5 Å². The molecule has 0 bridgehead atoms. The van der Waals surface area contributed by atoms with E-state index in [4.69, 9.17) is 4.42 Å². The first-order valence-electron chi connectivity index (χ1n) is 5.80. The molecule has 0 aromatic carbocycles. The van der Waals surface area contributed by atoms with E-state index in [1.54, 1.807) is 11.8 Å². The summed E-state index contributed by atoms with van der Waals surface area (Å²) in [7, 11) is 0. The zero-order valence-electron chi connectivity index (χ0n) is 10.8. The first-order valence-corrected chi connectivity index (χ1v) is 6.68. The second-order valence-electron chi connectivity index (χ2n) is 4.60. The number of thioether (sulfide) groups is 1. The predicted octanol–water partition coefficient (Wildman–Crippen LogP) is 3.02. The number of hydrogen-bond donors (Lipinski definition) is 1. The smallest absolute Gasteiger partial charge is 0.256 e. The third-order valence-electron chi connectivity index (χ3n) is 2.30. The Balaban J connectivity index is 2.31. The minimum absolute atomic E-state index is 0.483. The number of aryl methyl sites for hydroxylation is 2. The van der Waals surface area contributed by atoms with Crippen molar-refractivity contribution in [1.29, 1.82) is 0 Å². The Morgan fingerprint density at radius 3 is 2.44 bits per heavy atom. The van der Waals surface area contributed by atoms with E-state index in [1.165, 1.54) is 0 Å². The summed E-state index contributed by atoms with van der Waals surface area (Å²) in [4.78, 5) is 4.36. The lowest BCUT2D eigenvalue weighted by Gasteiger charge is -2.11. The van der Waals surface area contributed by atoms with Gasteiger partial charge in [-0.3, -0.25) is 0 Å². The minimum atomic E-state index is 0.483. The van der Waals surface area contributed by atoms with Gasteiger partial charge in [0.2, 0.25) is 0 Å². The highest BCUT2D eigenvalue weighted by Gasteiger charge is 2.10. The molecule has 3 nitrogen and oxygen atoms in total. The summed E-state index contributed by atoms with van der Waals surface area (Å²) in [6.07, 6.45) is 0. The van der Waals surface area contributed by atoms with Gasteiger partial charge in [-0.1, -0.05) is 32.5 Å². The third-order valence-corrected chi connectivity index (χ3v) is 3.24. The van der Waals surface area contributed by atoms with E-state index in [0.717, 1.165) is 29.8 Å². The summed E-state index contributed by atoms with van der Waals surface area (Å²) in [5.41, 5.74) is 0.991. The van der Waals surface area contributed by atoms with Crippen molar-refractivity contribution in [2.24, 2.45) is 5.92 Å². The van der Waals surface area contributed by atoms with Crippen molar-refractivity contribution in [3.8, 4) is 0 Å². The molecule has 0 saturated heterocycles. The van der Waals surface area contributed by atoms with E-state index in [9.17, 15) is 0 Å². The number of rotatable bonds is 6. The van der Waals surface area contributed by atoms with Crippen LogP contribution in [0.2, 0.25) is 0 Å². The van der Waals surface area contributed by atoms with E-state index < -0.39 is 0 Å². The standard InChI is InChI=1S/C12H22N2OS/c1-8(2)6-13-7-9(3)16-12-14-10(4)11(5)15-12/h8-9,13H,6-7H2,1-5H3. The summed E-state index contributed by atoms with van der Waals surface area (Å²) >= 11 is 1.69. The highest BCUT2D eigenvalue weighted by Crippen LogP contribution is 2.23. The van der Waals surface area contributed by atoms with Crippen molar-refractivity contribution in [3.63, 3.8) is 0 Å². The molecule has 0 radical (unpaired) electrons. The molecule has 16 heavy (non-hydrogen) atoms. The van der Waals surface area contributed by atoms with Crippen molar-refractivity contribution >= 4 is 11.8 Å². The van der Waals surface area contributed by atoms with Crippen LogP contribution in [0.15, 0.2) is 9.64 Å². The molecule has 0 fully saturated rings. The van der Waals surface area contributed by atoms with Crippen LogP contribution < -0.4 is 5.32 Å². The number of aromatic nitrogens is 1. The van der Waals surface area contributed by atoms with E-state index >= 15 is 0 Å². The molecule has 0 spiro atoms. The second kappa shape index (κ2) is 6.30. The molecule has 0 aliphatic carbocycles. The molecule has 1 atom stereocenters. The Hall–Kier alpha value is -0.480. The van der Waals surface area contributed by atoms with Crippen LogP contribution in [0.4, 0.5) is 0 Å². The van der Waals surface area contributed by atoms with E-state index in [1.807, 2.05) is 13.8 Å². The van der Waals surface area contributed by atoms with E-state index in [-0.39, 0.29) is 0 Å². The van der Waals surface area contributed by atoms with Gasteiger partial charge in [0, 0.05) is 11.8 Å². The first-order chi connectivity index (χ1) is 7.49. The molecular formula is C12H22N2OS.